The van der Waals surface area contributed by atoms with E-state index in [4.69, 9.17) is 4.74 Å². The highest BCUT2D eigenvalue weighted by Gasteiger charge is 2.19. The summed E-state index contributed by atoms with van der Waals surface area (Å²) in [5.41, 5.74) is 5.27. The maximum absolute atomic E-state index is 14.0. The Kier molecular flexibility index (Phi) is 5.16. The Bertz CT molecular complexity index is 1230. The second-order valence-corrected chi connectivity index (χ2v) is 7.41. The van der Waals surface area contributed by atoms with Crippen LogP contribution in [0.4, 0.5) is 15.9 Å². The highest BCUT2D eigenvalue weighted by molar-refractivity contribution is 5.99. The number of aromatic nitrogens is 3. The highest BCUT2D eigenvalue weighted by atomic mass is 19.1. The Morgan fingerprint density at radius 1 is 0.933 bits per heavy atom. The van der Waals surface area contributed by atoms with Crippen LogP contribution in [0.25, 0.3) is 16.5 Å². The van der Waals surface area contributed by atoms with Crippen molar-refractivity contribution in [2.75, 3.05) is 11.9 Å². The first-order chi connectivity index (χ1) is 14.4. The molecule has 0 aliphatic rings. The second kappa shape index (κ2) is 7.78. The molecule has 2 aromatic heterocycles. The van der Waals surface area contributed by atoms with Crippen molar-refractivity contribution in [2.24, 2.45) is 0 Å². The average molecular weight is 404 g/mol. The average Bonchev–Trinajstić information content (AvgIpc) is 2.99. The number of halogens is 1. The number of hydrogen-bond acceptors (Lipinski definition) is 4. The molecule has 0 bridgehead atoms. The van der Waals surface area contributed by atoms with Crippen molar-refractivity contribution in [1.29, 1.82) is 0 Å². The van der Waals surface area contributed by atoms with Crippen LogP contribution >= 0.6 is 0 Å². The fourth-order valence-corrected chi connectivity index (χ4v) is 3.93. The van der Waals surface area contributed by atoms with Gasteiger partial charge in [-0.3, -0.25) is 0 Å². The summed E-state index contributed by atoms with van der Waals surface area (Å²) in [6, 6.07) is 13.1. The van der Waals surface area contributed by atoms with Gasteiger partial charge in [0.15, 0.2) is 5.82 Å². The smallest absolute Gasteiger partial charge is 0.162 e. The Morgan fingerprint density at radius 2 is 1.63 bits per heavy atom. The molecule has 0 radical (unpaired) electrons. The van der Waals surface area contributed by atoms with E-state index in [1.54, 1.807) is 13.0 Å². The molecule has 0 aliphatic heterocycles. The van der Waals surface area contributed by atoms with E-state index in [1.165, 1.54) is 6.07 Å². The molecule has 30 heavy (non-hydrogen) atoms. The number of ether oxygens (including phenoxy) is 1. The highest BCUT2D eigenvalue weighted by Crippen LogP contribution is 2.35. The van der Waals surface area contributed by atoms with Crippen molar-refractivity contribution in [2.45, 2.75) is 34.6 Å². The van der Waals surface area contributed by atoms with E-state index < -0.39 is 0 Å². The lowest BCUT2D eigenvalue weighted by molar-refractivity contribution is 0.340. The molecule has 0 spiro atoms. The molecule has 1 N–H and O–H groups in total. The summed E-state index contributed by atoms with van der Waals surface area (Å²) in [5.74, 6) is 1.21. The molecule has 0 aliphatic carbocycles. The van der Waals surface area contributed by atoms with Gasteiger partial charge in [-0.15, -0.1) is 5.10 Å². The number of rotatable bonds is 5. The first-order valence-electron chi connectivity index (χ1n) is 10.0. The number of nitrogens with zero attached hydrogens (tertiary/aromatic N) is 3. The topological polar surface area (TPSA) is 52.0 Å². The van der Waals surface area contributed by atoms with Gasteiger partial charge < -0.3 is 14.6 Å². The van der Waals surface area contributed by atoms with Crippen LogP contribution in [0.1, 0.15) is 29.6 Å². The molecule has 0 saturated carbocycles. The van der Waals surface area contributed by atoms with Crippen LogP contribution < -0.4 is 10.1 Å². The Morgan fingerprint density at radius 3 is 2.30 bits per heavy atom. The van der Waals surface area contributed by atoms with Gasteiger partial charge in [-0.1, -0.05) is 6.07 Å². The van der Waals surface area contributed by atoms with Crippen LogP contribution in [-0.2, 0) is 0 Å². The molecule has 4 rings (SSSR count). The number of nitrogens with one attached hydrogen (secondary N) is 1. The number of fused-ring (bicyclic) bond motifs is 1. The van der Waals surface area contributed by atoms with Gasteiger partial charge in [0.05, 0.1) is 12.3 Å². The third kappa shape index (κ3) is 3.38. The molecule has 4 aromatic rings. The number of anilines is 2. The van der Waals surface area contributed by atoms with E-state index in [0.717, 1.165) is 39.3 Å². The fourth-order valence-electron chi connectivity index (χ4n) is 3.93. The lowest BCUT2D eigenvalue weighted by atomic mass is 10.1. The minimum absolute atomic E-state index is 0.254. The largest absolute Gasteiger partial charge is 0.494 e. The summed E-state index contributed by atoms with van der Waals surface area (Å²) in [7, 11) is 0. The van der Waals surface area contributed by atoms with Crippen LogP contribution in [0.2, 0.25) is 0 Å². The van der Waals surface area contributed by atoms with Crippen molar-refractivity contribution in [3.05, 3.63) is 70.9 Å². The van der Waals surface area contributed by atoms with Crippen LogP contribution in [0.5, 0.6) is 5.75 Å². The van der Waals surface area contributed by atoms with Gasteiger partial charge in [0.2, 0.25) is 0 Å². The summed E-state index contributed by atoms with van der Waals surface area (Å²) in [6.45, 7) is 10.4. The molecule has 2 aromatic carbocycles. The maximum atomic E-state index is 14.0. The summed E-state index contributed by atoms with van der Waals surface area (Å²) >= 11 is 0. The predicted octanol–water partition coefficient (Wildman–Crippen LogP) is 5.94. The van der Waals surface area contributed by atoms with Crippen LogP contribution in [0.15, 0.2) is 42.5 Å². The number of benzene rings is 2. The van der Waals surface area contributed by atoms with Gasteiger partial charge >= 0.3 is 0 Å². The fraction of sp³-hybridized carbons (Fsp3) is 0.250. The quantitative estimate of drug-likeness (QED) is 0.447. The van der Waals surface area contributed by atoms with Crippen LogP contribution in [0, 0.1) is 33.5 Å². The number of hydrogen-bond donors (Lipinski definition) is 1. The summed E-state index contributed by atoms with van der Waals surface area (Å²) in [4.78, 5) is 0. The zero-order chi connectivity index (χ0) is 21.4. The Balaban J connectivity index is 1.85. The third-order valence-corrected chi connectivity index (χ3v) is 5.38. The molecule has 0 atom stereocenters. The first-order valence-corrected chi connectivity index (χ1v) is 10.0. The van der Waals surface area contributed by atoms with Gasteiger partial charge in [0.25, 0.3) is 0 Å². The van der Waals surface area contributed by atoms with Crippen LogP contribution in [-0.4, -0.2) is 21.4 Å². The molecule has 0 fully saturated rings. The van der Waals surface area contributed by atoms with E-state index >= 15 is 0 Å². The van der Waals surface area contributed by atoms with Crippen molar-refractivity contribution in [1.82, 2.24) is 14.8 Å². The van der Waals surface area contributed by atoms with Crippen molar-refractivity contribution in [3.8, 4) is 11.4 Å². The zero-order valence-corrected chi connectivity index (χ0v) is 17.9. The van der Waals surface area contributed by atoms with E-state index in [9.17, 15) is 4.39 Å². The normalized spacial score (nSPS) is 11.1. The molecule has 2 heterocycles. The van der Waals surface area contributed by atoms with Crippen molar-refractivity contribution >= 4 is 22.3 Å². The van der Waals surface area contributed by atoms with Gasteiger partial charge in [0, 0.05) is 33.5 Å². The van der Waals surface area contributed by atoms with E-state index in [1.807, 2.05) is 44.2 Å². The van der Waals surface area contributed by atoms with E-state index in [2.05, 4.69) is 33.9 Å². The molecule has 5 nitrogen and oxygen atoms in total. The summed E-state index contributed by atoms with van der Waals surface area (Å²) < 4.78 is 21.8. The number of aryl methyl sites for hydroxylation is 4. The monoisotopic (exact) mass is 404 g/mol. The van der Waals surface area contributed by atoms with Crippen LogP contribution in [0.3, 0.4) is 0 Å². The van der Waals surface area contributed by atoms with E-state index in [0.29, 0.717) is 23.7 Å². The molecular formula is C24H25FN4O. The minimum atomic E-state index is -0.254. The summed E-state index contributed by atoms with van der Waals surface area (Å²) in [6.07, 6.45) is 0. The molecule has 0 amide bonds. The SMILES string of the molecule is CCOc1ccc(-n2c(C)c3c(C)nnc(Nc4ccc(C)c(F)c4)c3c2C)cc1. The Labute approximate surface area is 175 Å². The lowest BCUT2D eigenvalue weighted by Gasteiger charge is -2.11. The minimum Gasteiger partial charge on any atom is -0.494 e. The molecule has 0 saturated heterocycles. The van der Waals surface area contributed by atoms with Gasteiger partial charge in [0.1, 0.15) is 11.6 Å². The van der Waals surface area contributed by atoms with Gasteiger partial charge in [-0.25, -0.2) is 4.39 Å². The molecular weight excluding hydrogens is 379 g/mol. The molecule has 6 heteroatoms. The zero-order valence-electron chi connectivity index (χ0n) is 17.9. The van der Waals surface area contributed by atoms with Crippen molar-refractivity contribution < 1.29 is 9.13 Å². The molecule has 154 valence electrons. The second-order valence-electron chi connectivity index (χ2n) is 7.41. The predicted molar refractivity (Wildman–Crippen MR) is 119 cm³/mol. The first kappa shape index (κ1) is 19.9. The Hall–Kier alpha value is -3.41. The lowest BCUT2D eigenvalue weighted by Crippen LogP contribution is -2.00. The standard InChI is InChI=1S/C24H25FN4O/c1-6-30-20-11-9-19(10-12-20)29-16(4)22-15(3)27-28-24(23(22)17(29)5)26-18-8-7-14(2)21(25)13-18/h7-13H,6H2,1-5H3,(H,26,28). The third-order valence-electron chi connectivity index (χ3n) is 5.38. The maximum Gasteiger partial charge on any atom is 0.162 e. The van der Waals surface area contributed by atoms with Gasteiger partial charge in [-0.05, 0) is 76.6 Å². The van der Waals surface area contributed by atoms with Crippen molar-refractivity contribution in [3.63, 3.8) is 0 Å². The summed E-state index contributed by atoms with van der Waals surface area (Å²) in [5, 5.41) is 14.0. The van der Waals surface area contributed by atoms with E-state index in [-0.39, 0.29) is 5.82 Å². The van der Waals surface area contributed by atoms with Gasteiger partial charge in [-0.2, -0.15) is 5.10 Å². The molecule has 0 unspecified atom stereocenters.